The van der Waals surface area contributed by atoms with Crippen molar-refractivity contribution in [2.75, 3.05) is 5.48 Å². The van der Waals surface area contributed by atoms with Gasteiger partial charge in [0.15, 0.2) is 0 Å². The number of rotatable bonds is 6. The second-order valence-corrected chi connectivity index (χ2v) is 4.82. The molecular weight excluding hydrogens is 274 g/mol. The van der Waals surface area contributed by atoms with Gasteiger partial charge in [0, 0.05) is 0 Å². The highest BCUT2D eigenvalue weighted by Crippen LogP contribution is 2.22. The Morgan fingerprint density at radius 3 is 1.91 bits per heavy atom. The Hall–Kier alpha value is -2.78. The summed E-state index contributed by atoms with van der Waals surface area (Å²) in [5.41, 5.74) is 4.94. The quantitative estimate of drug-likeness (QED) is 0.647. The summed E-state index contributed by atoms with van der Waals surface area (Å²) in [6.45, 7) is 0.517. The Labute approximate surface area is 130 Å². The van der Waals surface area contributed by atoms with Crippen LogP contribution in [0.15, 0.2) is 84.9 Å². The van der Waals surface area contributed by atoms with Gasteiger partial charge in [-0.05, 0) is 42.0 Å². The van der Waals surface area contributed by atoms with E-state index in [0.29, 0.717) is 6.61 Å². The Bertz CT molecular complexity index is 682. The molecule has 110 valence electrons. The molecule has 0 amide bonds. The third-order valence-electron chi connectivity index (χ3n) is 3.10. The van der Waals surface area contributed by atoms with Crippen LogP contribution in [0.3, 0.4) is 0 Å². The van der Waals surface area contributed by atoms with Gasteiger partial charge in [-0.3, -0.25) is 10.3 Å². The molecule has 0 saturated heterocycles. The molecule has 0 aliphatic rings. The first-order valence-corrected chi connectivity index (χ1v) is 7.15. The van der Waals surface area contributed by atoms with Gasteiger partial charge >= 0.3 is 0 Å². The highest BCUT2D eigenvalue weighted by molar-refractivity contribution is 5.45. The Kier molecular flexibility index (Phi) is 4.70. The molecule has 1 N–H and O–H groups in total. The number of ether oxygens (including phenoxy) is 1. The van der Waals surface area contributed by atoms with Gasteiger partial charge in [0.25, 0.3) is 0 Å². The number of benzene rings is 3. The summed E-state index contributed by atoms with van der Waals surface area (Å²) >= 11 is 0. The molecule has 0 radical (unpaired) electrons. The second kappa shape index (κ2) is 7.29. The molecule has 0 aromatic heterocycles. The summed E-state index contributed by atoms with van der Waals surface area (Å²) in [5.74, 6) is 1.61. The van der Waals surface area contributed by atoms with Crippen LogP contribution in [0.25, 0.3) is 0 Å². The zero-order chi connectivity index (χ0) is 15.0. The smallest absolute Gasteiger partial charge is 0.127 e. The molecule has 0 unspecified atom stereocenters. The van der Waals surface area contributed by atoms with E-state index in [2.05, 4.69) is 5.48 Å². The number of hydrogen-bond acceptors (Lipinski definition) is 3. The number of para-hydroxylation sites is 1. The molecule has 3 aromatic rings. The van der Waals surface area contributed by atoms with E-state index in [1.54, 1.807) is 0 Å². The molecular formula is C19H17NO2. The molecule has 3 aromatic carbocycles. The Balaban J connectivity index is 1.51. The Morgan fingerprint density at radius 1 is 0.636 bits per heavy atom. The molecule has 3 nitrogen and oxygen atoms in total. The molecule has 22 heavy (non-hydrogen) atoms. The molecule has 3 rings (SSSR count). The number of hydrogen-bond donors (Lipinski definition) is 1. The van der Waals surface area contributed by atoms with Gasteiger partial charge < -0.3 is 4.74 Å². The number of nitrogens with one attached hydrogen (secondary N) is 1. The SMILES string of the molecule is c1ccc(CONc2ccc(Oc3ccccc3)cc2)cc1. The van der Waals surface area contributed by atoms with Crippen LogP contribution < -0.4 is 10.2 Å². The first kappa shape index (κ1) is 14.2. The van der Waals surface area contributed by atoms with E-state index in [4.69, 9.17) is 9.57 Å². The fourth-order valence-electron chi connectivity index (χ4n) is 1.99. The van der Waals surface area contributed by atoms with Gasteiger partial charge in [0.2, 0.25) is 0 Å². The largest absolute Gasteiger partial charge is 0.457 e. The van der Waals surface area contributed by atoms with Gasteiger partial charge in [-0.25, -0.2) is 0 Å². The highest BCUT2D eigenvalue weighted by Gasteiger charge is 1.98. The zero-order valence-corrected chi connectivity index (χ0v) is 12.1. The van der Waals surface area contributed by atoms with Crippen molar-refractivity contribution in [3.63, 3.8) is 0 Å². The lowest BCUT2D eigenvalue weighted by Crippen LogP contribution is -2.01. The van der Waals surface area contributed by atoms with E-state index < -0.39 is 0 Å². The van der Waals surface area contributed by atoms with Crippen LogP contribution >= 0.6 is 0 Å². The molecule has 0 spiro atoms. The monoisotopic (exact) mass is 291 g/mol. The third-order valence-corrected chi connectivity index (χ3v) is 3.10. The van der Waals surface area contributed by atoms with E-state index in [-0.39, 0.29) is 0 Å². The topological polar surface area (TPSA) is 30.5 Å². The van der Waals surface area contributed by atoms with E-state index in [1.807, 2.05) is 84.9 Å². The van der Waals surface area contributed by atoms with E-state index in [1.165, 1.54) is 0 Å². The van der Waals surface area contributed by atoms with E-state index >= 15 is 0 Å². The predicted octanol–water partition coefficient (Wildman–Crippen LogP) is 5.02. The van der Waals surface area contributed by atoms with Crippen molar-refractivity contribution in [2.24, 2.45) is 0 Å². The molecule has 0 bridgehead atoms. The molecule has 0 aliphatic heterocycles. The summed E-state index contributed by atoms with van der Waals surface area (Å²) in [6, 6.07) is 27.4. The van der Waals surface area contributed by atoms with Crippen LogP contribution in [0.2, 0.25) is 0 Å². The van der Waals surface area contributed by atoms with Crippen LogP contribution in [0.1, 0.15) is 5.56 Å². The fraction of sp³-hybridized carbons (Fsp3) is 0.0526. The van der Waals surface area contributed by atoms with Crippen molar-refractivity contribution in [3.8, 4) is 11.5 Å². The second-order valence-electron chi connectivity index (χ2n) is 4.82. The van der Waals surface area contributed by atoms with Crippen molar-refractivity contribution >= 4 is 5.69 Å². The first-order chi connectivity index (χ1) is 10.9. The summed E-state index contributed by atoms with van der Waals surface area (Å²) in [7, 11) is 0. The maximum atomic E-state index is 5.74. The molecule has 0 atom stereocenters. The van der Waals surface area contributed by atoms with Crippen molar-refractivity contribution in [2.45, 2.75) is 6.61 Å². The summed E-state index contributed by atoms with van der Waals surface area (Å²) in [5, 5.41) is 0. The van der Waals surface area contributed by atoms with Gasteiger partial charge in [0.05, 0.1) is 12.3 Å². The predicted molar refractivity (Wildman–Crippen MR) is 87.8 cm³/mol. The lowest BCUT2D eigenvalue weighted by Gasteiger charge is -2.09. The molecule has 0 fully saturated rings. The molecule has 0 aliphatic carbocycles. The maximum Gasteiger partial charge on any atom is 0.127 e. The van der Waals surface area contributed by atoms with Crippen molar-refractivity contribution in [3.05, 3.63) is 90.5 Å². The lowest BCUT2D eigenvalue weighted by molar-refractivity contribution is 0.180. The summed E-state index contributed by atoms with van der Waals surface area (Å²) < 4.78 is 5.74. The van der Waals surface area contributed by atoms with Crippen LogP contribution in [-0.2, 0) is 11.4 Å². The maximum absolute atomic E-state index is 5.74. The minimum Gasteiger partial charge on any atom is -0.457 e. The number of anilines is 1. The highest BCUT2D eigenvalue weighted by atomic mass is 16.6. The van der Waals surface area contributed by atoms with Crippen molar-refractivity contribution in [1.82, 2.24) is 0 Å². The fourth-order valence-corrected chi connectivity index (χ4v) is 1.99. The van der Waals surface area contributed by atoms with Gasteiger partial charge in [-0.15, -0.1) is 0 Å². The van der Waals surface area contributed by atoms with Crippen LogP contribution in [0, 0.1) is 0 Å². The van der Waals surface area contributed by atoms with Gasteiger partial charge in [0.1, 0.15) is 11.5 Å². The summed E-state index contributed by atoms with van der Waals surface area (Å²) in [6.07, 6.45) is 0. The average molecular weight is 291 g/mol. The standard InChI is InChI=1S/C19H17NO2/c1-3-7-16(8-4-1)15-21-20-17-11-13-19(14-12-17)22-18-9-5-2-6-10-18/h1-14,20H,15H2. The summed E-state index contributed by atoms with van der Waals surface area (Å²) in [4.78, 5) is 5.47. The first-order valence-electron chi connectivity index (χ1n) is 7.15. The van der Waals surface area contributed by atoms with Crippen molar-refractivity contribution in [1.29, 1.82) is 0 Å². The average Bonchev–Trinajstić information content (AvgIpc) is 2.58. The van der Waals surface area contributed by atoms with Crippen molar-refractivity contribution < 1.29 is 9.57 Å². The van der Waals surface area contributed by atoms with Crippen LogP contribution in [0.5, 0.6) is 11.5 Å². The minimum atomic E-state index is 0.517. The zero-order valence-electron chi connectivity index (χ0n) is 12.1. The van der Waals surface area contributed by atoms with Gasteiger partial charge in [-0.2, -0.15) is 0 Å². The van der Waals surface area contributed by atoms with Crippen LogP contribution in [-0.4, -0.2) is 0 Å². The van der Waals surface area contributed by atoms with E-state index in [0.717, 1.165) is 22.7 Å². The molecule has 0 saturated carbocycles. The lowest BCUT2D eigenvalue weighted by atomic mass is 10.2. The minimum absolute atomic E-state index is 0.517. The third kappa shape index (κ3) is 4.11. The Morgan fingerprint density at radius 2 is 1.23 bits per heavy atom. The van der Waals surface area contributed by atoms with E-state index in [9.17, 15) is 0 Å². The van der Waals surface area contributed by atoms with Gasteiger partial charge in [-0.1, -0.05) is 48.5 Å². The van der Waals surface area contributed by atoms with Crippen LogP contribution in [0.4, 0.5) is 5.69 Å². The molecule has 3 heteroatoms. The molecule has 0 heterocycles. The normalized spacial score (nSPS) is 10.2.